The topological polar surface area (TPSA) is 43.9 Å². The molecule has 0 bridgehead atoms. The number of para-hydroxylation sites is 2. The summed E-state index contributed by atoms with van der Waals surface area (Å²) in [7, 11) is 0. The number of fused-ring (bicyclic) bond motifs is 8. The molecule has 0 amide bonds. The minimum atomic E-state index is 0.680. The zero-order valence-corrected chi connectivity index (χ0v) is 35.8. The lowest BCUT2D eigenvalue weighted by molar-refractivity contribution is 0.672. The van der Waals surface area contributed by atoms with Crippen molar-refractivity contribution in [3.8, 4) is 73.0 Å². The minimum absolute atomic E-state index is 0.680. The second kappa shape index (κ2) is 15.4. The SMILES string of the molecule is c1ccc(-c2ccc(-c3cc(-c4ccc(-c5cccc6oc7c8ccccc8c(-n8c9ccccc9c9ccccc98)cc7c56)cc4)nc(-c4ccc(-c5ccccc5)cc4)n3)cc2)cc1. The summed E-state index contributed by atoms with van der Waals surface area (Å²) < 4.78 is 9.24. The molecule has 3 heterocycles. The van der Waals surface area contributed by atoms with Crippen LogP contribution in [0.4, 0.5) is 0 Å². The number of aromatic nitrogens is 3. The maximum absolute atomic E-state index is 6.82. The molecule has 308 valence electrons. The molecule has 3 aromatic heterocycles. The Balaban J connectivity index is 0.936. The van der Waals surface area contributed by atoms with E-state index in [4.69, 9.17) is 14.4 Å². The Kier molecular flexibility index (Phi) is 8.81. The first-order valence-electron chi connectivity index (χ1n) is 22.4. The summed E-state index contributed by atoms with van der Waals surface area (Å²) in [5.41, 5.74) is 16.8. The lowest BCUT2D eigenvalue weighted by Crippen LogP contribution is -1.96. The van der Waals surface area contributed by atoms with Crippen LogP contribution in [0.2, 0.25) is 0 Å². The molecule has 0 aliphatic carbocycles. The second-order valence-corrected chi connectivity index (χ2v) is 16.9. The standard InChI is InChI=1S/C62H39N3O/c1-3-14-40(15-4-1)42-26-32-45(33-27-42)54-39-55(64-62(63-54)47-36-28-43(29-37-47)41-16-5-2-6-17-41)46-34-30-44(31-35-46)48-22-13-25-59-60(48)53-38-58(51-20-7-8-21-52(51)61(53)66-59)65-56-23-11-9-18-49(56)50-19-10-12-24-57(50)65/h1-39H. The number of furan rings is 1. The van der Waals surface area contributed by atoms with Crippen LogP contribution in [0.1, 0.15) is 0 Å². The Morgan fingerprint density at radius 2 is 0.773 bits per heavy atom. The van der Waals surface area contributed by atoms with E-state index in [9.17, 15) is 0 Å². The van der Waals surface area contributed by atoms with Crippen LogP contribution >= 0.6 is 0 Å². The van der Waals surface area contributed by atoms with Crippen molar-refractivity contribution in [2.75, 3.05) is 0 Å². The second-order valence-electron chi connectivity index (χ2n) is 16.9. The van der Waals surface area contributed by atoms with E-state index < -0.39 is 0 Å². The van der Waals surface area contributed by atoms with Gasteiger partial charge in [0.2, 0.25) is 0 Å². The number of hydrogen-bond acceptors (Lipinski definition) is 3. The van der Waals surface area contributed by atoms with E-state index >= 15 is 0 Å². The molecule has 4 heteroatoms. The fraction of sp³-hybridized carbons (Fsp3) is 0. The molecule has 0 N–H and O–H groups in total. The smallest absolute Gasteiger partial charge is 0.160 e. The zero-order chi connectivity index (χ0) is 43.6. The van der Waals surface area contributed by atoms with Crippen molar-refractivity contribution < 1.29 is 4.42 Å². The predicted molar refractivity (Wildman–Crippen MR) is 274 cm³/mol. The Morgan fingerprint density at radius 1 is 0.318 bits per heavy atom. The maximum atomic E-state index is 6.82. The van der Waals surface area contributed by atoms with Crippen LogP contribution in [0, 0.1) is 0 Å². The van der Waals surface area contributed by atoms with Gasteiger partial charge >= 0.3 is 0 Å². The Morgan fingerprint density at radius 3 is 1.35 bits per heavy atom. The van der Waals surface area contributed by atoms with Gasteiger partial charge in [-0.3, -0.25) is 0 Å². The highest BCUT2D eigenvalue weighted by atomic mass is 16.3. The van der Waals surface area contributed by atoms with E-state index in [1.54, 1.807) is 0 Å². The quantitative estimate of drug-likeness (QED) is 0.161. The minimum Gasteiger partial charge on any atom is -0.455 e. The van der Waals surface area contributed by atoms with E-state index in [-0.39, 0.29) is 0 Å². The third-order valence-electron chi connectivity index (χ3n) is 13.1. The predicted octanol–water partition coefficient (Wildman–Crippen LogP) is 16.6. The average molecular weight is 842 g/mol. The summed E-state index contributed by atoms with van der Waals surface area (Å²) in [5.74, 6) is 0.680. The molecule has 66 heavy (non-hydrogen) atoms. The van der Waals surface area contributed by atoms with Gasteiger partial charge in [0.05, 0.1) is 28.1 Å². The summed E-state index contributed by atoms with van der Waals surface area (Å²) in [6.07, 6.45) is 0. The molecule has 0 aliphatic heterocycles. The van der Waals surface area contributed by atoms with E-state index in [1.165, 1.54) is 32.9 Å². The van der Waals surface area contributed by atoms with Crippen molar-refractivity contribution >= 4 is 54.5 Å². The van der Waals surface area contributed by atoms with Crippen molar-refractivity contribution in [2.45, 2.75) is 0 Å². The lowest BCUT2D eigenvalue weighted by Gasteiger charge is -2.13. The van der Waals surface area contributed by atoms with E-state index in [1.807, 2.05) is 12.1 Å². The van der Waals surface area contributed by atoms with Crippen LogP contribution in [0.5, 0.6) is 0 Å². The van der Waals surface area contributed by atoms with E-state index in [0.717, 1.165) is 88.7 Å². The molecule has 4 nitrogen and oxygen atoms in total. The van der Waals surface area contributed by atoms with Gasteiger partial charge in [-0.05, 0) is 63.7 Å². The molecule has 10 aromatic carbocycles. The van der Waals surface area contributed by atoms with Crippen LogP contribution in [-0.4, -0.2) is 14.5 Å². The highest BCUT2D eigenvalue weighted by Crippen LogP contribution is 2.44. The first kappa shape index (κ1) is 37.7. The molecule has 0 radical (unpaired) electrons. The summed E-state index contributed by atoms with van der Waals surface area (Å²) in [4.78, 5) is 10.4. The van der Waals surface area contributed by atoms with Crippen molar-refractivity contribution in [1.82, 2.24) is 14.5 Å². The normalized spacial score (nSPS) is 11.6. The van der Waals surface area contributed by atoms with Gasteiger partial charge < -0.3 is 8.98 Å². The molecular weight excluding hydrogens is 803 g/mol. The van der Waals surface area contributed by atoms with Crippen molar-refractivity contribution in [3.63, 3.8) is 0 Å². The molecule has 0 aliphatic rings. The summed E-state index contributed by atoms with van der Waals surface area (Å²) in [5, 5.41) is 6.88. The average Bonchev–Trinajstić information content (AvgIpc) is 3.95. The first-order valence-corrected chi connectivity index (χ1v) is 22.4. The van der Waals surface area contributed by atoms with Gasteiger partial charge in [-0.25, -0.2) is 9.97 Å². The molecule has 0 atom stereocenters. The monoisotopic (exact) mass is 841 g/mol. The molecule has 0 fully saturated rings. The third kappa shape index (κ3) is 6.30. The van der Waals surface area contributed by atoms with Crippen LogP contribution in [0.3, 0.4) is 0 Å². The molecule has 0 unspecified atom stereocenters. The van der Waals surface area contributed by atoms with Crippen LogP contribution in [-0.2, 0) is 0 Å². The first-order chi connectivity index (χ1) is 32.7. The summed E-state index contributed by atoms with van der Waals surface area (Å²) in [6, 6.07) is 83.8. The van der Waals surface area contributed by atoms with E-state index in [0.29, 0.717) is 5.82 Å². The molecule has 13 rings (SSSR count). The molecule has 0 spiro atoms. The Bertz CT molecular complexity index is 3790. The number of hydrogen-bond donors (Lipinski definition) is 0. The van der Waals surface area contributed by atoms with Crippen LogP contribution in [0.15, 0.2) is 241 Å². The van der Waals surface area contributed by atoms with Gasteiger partial charge in [0, 0.05) is 49.0 Å². The molecule has 13 aromatic rings. The number of nitrogens with zero attached hydrogens (tertiary/aromatic N) is 3. The van der Waals surface area contributed by atoms with Gasteiger partial charge in [0.1, 0.15) is 11.2 Å². The maximum Gasteiger partial charge on any atom is 0.160 e. The fourth-order valence-electron chi connectivity index (χ4n) is 9.84. The zero-order valence-electron chi connectivity index (χ0n) is 35.8. The largest absolute Gasteiger partial charge is 0.455 e. The highest BCUT2D eigenvalue weighted by molar-refractivity contribution is 6.22. The lowest BCUT2D eigenvalue weighted by atomic mass is 9.96. The Hall–Kier alpha value is -8.86. The van der Waals surface area contributed by atoms with Crippen LogP contribution in [0.25, 0.3) is 127 Å². The number of rotatable bonds is 7. The van der Waals surface area contributed by atoms with Crippen LogP contribution < -0.4 is 0 Å². The van der Waals surface area contributed by atoms with Crippen molar-refractivity contribution in [1.29, 1.82) is 0 Å². The van der Waals surface area contributed by atoms with E-state index in [2.05, 4.69) is 229 Å². The highest BCUT2D eigenvalue weighted by Gasteiger charge is 2.21. The van der Waals surface area contributed by atoms with Gasteiger partial charge in [-0.1, -0.05) is 206 Å². The summed E-state index contributed by atoms with van der Waals surface area (Å²) >= 11 is 0. The molecule has 0 saturated heterocycles. The third-order valence-corrected chi connectivity index (χ3v) is 13.1. The fourth-order valence-corrected chi connectivity index (χ4v) is 9.84. The van der Waals surface area contributed by atoms with Gasteiger partial charge in [-0.2, -0.15) is 0 Å². The molecular formula is C62H39N3O. The Labute approximate surface area is 381 Å². The summed E-state index contributed by atoms with van der Waals surface area (Å²) in [6.45, 7) is 0. The molecule has 0 saturated carbocycles. The number of benzene rings is 10. The van der Waals surface area contributed by atoms with Gasteiger partial charge in [-0.15, -0.1) is 0 Å². The van der Waals surface area contributed by atoms with Gasteiger partial charge in [0.15, 0.2) is 5.82 Å². The van der Waals surface area contributed by atoms with Gasteiger partial charge in [0.25, 0.3) is 0 Å². The van der Waals surface area contributed by atoms with Crippen molar-refractivity contribution in [3.05, 3.63) is 237 Å². The van der Waals surface area contributed by atoms with Crippen molar-refractivity contribution in [2.24, 2.45) is 0 Å².